The van der Waals surface area contributed by atoms with E-state index >= 15 is 0 Å². The van der Waals surface area contributed by atoms with Crippen LogP contribution in [0.25, 0.3) is 11.1 Å². The number of carboxylic acid groups (broad SMARTS) is 1. The molecule has 0 radical (unpaired) electrons. The molecule has 0 fully saturated rings. The minimum absolute atomic E-state index is 0.0156. The largest absolute Gasteiger partial charge is 0.491 e. The monoisotopic (exact) mass is 528 g/mol. The van der Waals surface area contributed by atoms with E-state index in [9.17, 15) is 9.59 Å². The molecule has 3 N–H and O–H groups in total. The summed E-state index contributed by atoms with van der Waals surface area (Å²) in [4.78, 5) is 22.8. The minimum atomic E-state index is -0.952. The van der Waals surface area contributed by atoms with Crippen molar-refractivity contribution in [1.82, 2.24) is 5.32 Å². The third kappa shape index (κ3) is 7.90. The van der Waals surface area contributed by atoms with Gasteiger partial charge in [-0.2, -0.15) is 0 Å². The van der Waals surface area contributed by atoms with Crippen molar-refractivity contribution in [1.29, 1.82) is 0 Å². The van der Waals surface area contributed by atoms with Gasteiger partial charge in [0.15, 0.2) is 0 Å². The van der Waals surface area contributed by atoms with Gasteiger partial charge in [0.25, 0.3) is 5.91 Å². The van der Waals surface area contributed by atoms with E-state index < -0.39 is 5.97 Å². The Kier molecular flexibility index (Phi) is 9.24. The maximum absolute atomic E-state index is 12.2. The number of nitrogens with one attached hydrogen (secondary N) is 2. The number of amides is 1. The fraction of sp³-hybridized carbons (Fsp3) is 0.286. The zero-order valence-electron chi connectivity index (χ0n) is 20.5. The van der Waals surface area contributed by atoms with Crippen LogP contribution in [0, 0.1) is 5.41 Å². The van der Waals surface area contributed by atoms with Crippen LogP contribution in [0.15, 0.2) is 66.7 Å². The Morgan fingerprint density at radius 2 is 1.64 bits per heavy atom. The summed E-state index contributed by atoms with van der Waals surface area (Å²) >= 11 is 12.3. The molecule has 1 unspecified atom stereocenters. The molecule has 0 aliphatic carbocycles. The Morgan fingerprint density at radius 1 is 0.972 bits per heavy atom. The van der Waals surface area contributed by atoms with Crippen molar-refractivity contribution in [2.75, 3.05) is 18.5 Å². The van der Waals surface area contributed by atoms with Crippen LogP contribution < -0.4 is 15.4 Å². The van der Waals surface area contributed by atoms with E-state index in [1.165, 1.54) is 0 Å². The zero-order chi connectivity index (χ0) is 26.3. The molecule has 0 aliphatic heterocycles. The number of carbonyl (C=O) groups is 2. The molecule has 3 aromatic carbocycles. The van der Waals surface area contributed by atoms with Gasteiger partial charge in [-0.25, -0.2) is 0 Å². The van der Waals surface area contributed by atoms with Crippen LogP contribution in [0.3, 0.4) is 0 Å². The Labute approximate surface area is 221 Å². The van der Waals surface area contributed by atoms with Crippen molar-refractivity contribution in [2.24, 2.45) is 5.41 Å². The van der Waals surface area contributed by atoms with Crippen LogP contribution in [0.2, 0.25) is 10.0 Å². The first kappa shape index (κ1) is 27.4. The average molecular weight is 529 g/mol. The topological polar surface area (TPSA) is 87.7 Å². The second kappa shape index (κ2) is 12.2. The standard InChI is InChI=1S/C28H30Cl2N2O4/c1-28(2,3)25(32-21-9-4-19(5-10-21)27(35)31-15-14-26(33)34)17-36-22-11-6-18(7-12-22)23-13-8-20(29)16-24(23)30/h4-13,16,25,32H,14-15,17H2,1-3H3,(H,31,35)(H,33,34). The van der Waals surface area contributed by atoms with Gasteiger partial charge in [-0.15, -0.1) is 0 Å². The highest BCUT2D eigenvalue weighted by Gasteiger charge is 2.25. The Hall–Kier alpha value is -3.22. The van der Waals surface area contributed by atoms with Crippen LogP contribution in [0.5, 0.6) is 5.75 Å². The SMILES string of the molecule is CC(C)(C)C(COc1ccc(-c2ccc(Cl)cc2Cl)cc1)Nc1ccc(C(=O)NCCC(=O)O)cc1. The van der Waals surface area contributed by atoms with Gasteiger partial charge in [0.2, 0.25) is 0 Å². The molecular weight excluding hydrogens is 499 g/mol. The molecule has 36 heavy (non-hydrogen) atoms. The van der Waals surface area contributed by atoms with Crippen molar-refractivity contribution < 1.29 is 19.4 Å². The maximum Gasteiger partial charge on any atom is 0.305 e. The number of carboxylic acids is 1. The van der Waals surface area contributed by atoms with Crippen LogP contribution in [0.4, 0.5) is 5.69 Å². The molecule has 1 amide bonds. The summed E-state index contributed by atoms with van der Waals surface area (Å²) in [6.45, 7) is 6.91. The molecule has 0 aromatic heterocycles. The summed E-state index contributed by atoms with van der Waals surface area (Å²) in [7, 11) is 0. The Balaban J connectivity index is 1.61. The van der Waals surface area contributed by atoms with E-state index in [1.807, 2.05) is 48.5 Å². The lowest BCUT2D eigenvalue weighted by Crippen LogP contribution is -2.39. The number of hydrogen-bond acceptors (Lipinski definition) is 4. The summed E-state index contributed by atoms with van der Waals surface area (Å²) in [5.74, 6) is -0.512. The van der Waals surface area contributed by atoms with E-state index in [-0.39, 0.29) is 30.3 Å². The van der Waals surface area contributed by atoms with Crippen LogP contribution >= 0.6 is 23.2 Å². The molecule has 3 rings (SSSR count). The summed E-state index contributed by atoms with van der Waals surface area (Å²) in [6.07, 6.45) is -0.115. The molecule has 190 valence electrons. The molecule has 6 nitrogen and oxygen atoms in total. The van der Waals surface area contributed by atoms with Crippen LogP contribution in [-0.4, -0.2) is 36.2 Å². The van der Waals surface area contributed by atoms with Gasteiger partial charge in [0.1, 0.15) is 12.4 Å². The molecule has 8 heteroatoms. The van der Waals surface area contributed by atoms with Gasteiger partial charge in [0.05, 0.1) is 12.5 Å². The number of hydrogen-bond donors (Lipinski definition) is 3. The maximum atomic E-state index is 12.2. The zero-order valence-corrected chi connectivity index (χ0v) is 22.0. The minimum Gasteiger partial charge on any atom is -0.491 e. The first-order valence-electron chi connectivity index (χ1n) is 11.6. The highest BCUT2D eigenvalue weighted by molar-refractivity contribution is 6.36. The number of carbonyl (C=O) groups excluding carboxylic acids is 1. The molecule has 3 aromatic rings. The lowest BCUT2D eigenvalue weighted by molar-refractivity contribution is -0.136. The molecule has 1 atom stereocenters. The predicted molar refractivity (Wildman–Crippen MR) is 145 cm³/mol. The fourth-order valence-corrected chi connectivity index (χ4v) is 3.96. The van der Waals surface area contributed by atoms with E-state index in [2.05, 4.69) is 31.4 Å². The van der Waals surface area contributed by atoms with E-state index in [1.54, 1.807) is 18.2 Å². The molecule has 0 spiro atoms. The third-order valence-electron chi connectivity index (χ3n) is 5.67. The van der Waals surface area contributed by atoms with E-state index in [0.717, 1.165) is 22.6 Å². The Bertz CT molecular complexity index is 1190. The average Bonchev–Trinajstić information content (AvgIpc) is 2.81. The Morgan fingerprint density at radius 3 is 2.22 bits per heavy atom. The predicted octanol–water partition coefficient (Wildman–Crippen LogP) is 6.77. The summed E-state index contributed by atoms with van der Waals surface area (Å²) < 4.78 is 6.10. The van der Waals surface area contributed by atoms with Gasteiger partial charge < -0.3 is 20.5 Å². The van der Waals surface area contributed by atoms with Crippen molar-refractivity contribution in [3.05, 3.63) is 82.3 Å². The van der Waals surface area contributed by atoms with E-state index in [4.69, 9.17) is 33.0 Å². The summed E-state index contributed by atoms with van der Waals surface area (Å²) in [5, 5.41) is 16.0. The number of anilines is 1. The van der Waals surface area contributed by atoms with Crippen molar-refractivity contribution >= 4 is 40.8 Å². The molecule has 0 aliphatic rings. The highest BCUT2D eigenvalue weighted by atomic mass is 35.5. The van der Waals surface area contributed by atoms with Gasteiger partial charge >= 0.3 is 5.97 Å². The first-order valence-corrected chi connectivity index (χ1v) is 12.3. The second-order valence-electron chi connectivity index (χ2n) is 9.50. The number of ether oxygens (including phenoxy) is 1. The fourth-order valence-electron chi connectivity index (χ4n) is 3.45. The lowest BCUT2D eigenvalue weighted by atomic mass is 9.87. The number of benzene rings is 3. The van der Waals surface area contributed by atoms with Crippen LogP contribution in [-0.2, 0) is 4.79 Å². The number of rotatable bonds is 10. The van der Waals surface area contributed by atoms with E-state index in [0.29, 0.717) is 22.2 Å². The van der Waals surface area contributed by atoms with Crippen molar-refractivity contribution in [3.63, 3.8) is 0 Å². The normalized spacial score (nSPS) is 12.0. The molecule has 0 saturated carbocycles. The molecule has 0 bridgehead atoms. The van der Waals surface area contributed by atoms with Gasteiger partial charge in [-0.05, 0) is 59.5 Å². The number of aliphatic carboxylic acids is 1. The van der Waals surface area contributed by atoms with Crippen LogP contribution in [0.1, 0.15) is 37.6 Å². The highest BCUT2D eigenvalue weighted by Crippen LogP contribution is 2.31. The molecular formula is C28H30Cl2N2O4. The smallest absolute Gasteiger partial charge is 0.305 e. The third-order valence-corrected chi connectivity index (χ3v) is 6.22. The van der Waals surface area contributed by atoms with Gasteiger partial charge in [0, 0.05) is 33.4 Å². The quantitative estimate of drug-likeness (QED) is 0.270. The van der Waals surface area contributed by atoms with Gasteiger partial charge in [-0.3, -0.25) is 9.59 Å². The summed E-state index contributed by atoms with van der Waals surface area (Å²) in [5.41, 5.74) is 3.09. The number of halogens is 2. The lowest BCUT2D eigenvalue weighted by Gasteiger charge is -2.32. The van der Waals surface area contributed by atoms with Crippen molar-refractivity contribution in [2.45, 2.75) is 33.2 Å². The van der Waals surface area contributed by atoms with Gasteiger partial charge in [-0.1, -0.05) is 62.2 Å². The second-order valence-corrected chi connectivity index (χ2v) is 10.3. The van der Waals surface area contributed by atoms with Crippen molar-refractivity contribution in [3.8, 4) is 16.9 Å². The first-order chi connectivity index (χ1) is 17.0. The molecule has 0 saturated heterocycles. The molecule has 0 heterocycles. The summed E-state index contributed by atoms with van der Waals surface area (Å²) in [6, 6.07) is 20.2.